The maximum absolute atomic E-state index is 12.9. The van der Waals surface area contributed by atoms with Crippen LogP contribution in [0.4, 0.5) is 5.69 Å². The van der Waals surface area contributed by atoms with Crippen molar-refractivity contribution in [3.8, 4) is 0 Å². The van der Waals surface area contributed by atoms with Crippen molar-refractivity contribution in [3.63, 3.8) is 0 Å². The summed E-state index contributed by atoms with van der Waals surface area (Å²) in [7, 11) is -3.99. The van der Waals surface area contributed by atoms with E-state index in [0.717, 1.165) is 10.4 Å². The fraction of sp³-hybridized carbons (Fsp3) is 0.235. The van der Waals surface area contributed by atoms with Gasteiger partial charge in [0.25, 0.3) is 5.69 Å². The summed E-state index contributed by atoms with van der Waals surface area (Å²) in [6.45, 7) is 0.217. The summed E-state index contributed by atoms with van der Waals surface area (Å²) in [6.07, 6.45) is 0.999. The number of hydrogen-bond donors (Lipinski definition) is 0. The van der Waals surface area contributed by atoms with Crippen molar-refractivity contribution in [2.75, 3.05) is 6.54 Å². The minimum Gasteiger partial charge on any atom is -0.292 e. The van der Waals surface area contributed by atoms with Gasteiger partial charge in [-0.15, -0.1) is 0 Å². The maximum Gasteiger partial charge on any atom is 0.270 e. The summed E-state index contributed by atoms with van der Waals surface area (Å²) < 4.78 is 27.0. The molecule has 1 heterocycles. The second-order valence-electron chi connectivity index (χ2n) is 5.76. The molecule has 0 saturated carbocycles. The third-order valence-corrected chi connectivity index (χ3v) is 6.10. The highest BCUT2D eigenvalue weighted by Crippen LogP contribution is 2.29. The molecule has 0 radical (unpaired) electrons. The molecule has 2 aromatic rings. The number of benzene rings is 2. The predicted molar refractivity (Wildman–Crippen MR) is 90.8 cm³/mol. The molecule has 2 aromatic carbocycles. The third-order valence-electron chi connectivity index (χ3n) is 4.20. The summed E-state index contributed by atoms with van der Waals surface area (Å²) >= 11 is 0. The van der Waals surface area contributed by atoms with Gasteiger partial charge in [-0.2, -0.15) is 4.31 Å². The average Bonchev–Trinajstić information content (AvgIpc) is 3.12. The van der Waals surface area contributed by atoms with Crippen LogP contribution in [0.15, 0.2) is 59.5 Å². The predicted octanol–water partition coefficient (Wildman–Crippen LogP) is 2.63. The first-order chi connectivity index (χ1) is 11.9. The summed E-state index contributed by atoms with van der Waals surface area (Å²) in [6, 6.07) is 12.6. The van der Waals surface area contributed by atoms with Gasteiger partial charge in [0.05, 0.1) is 15.9 Å². The number of carbonyl (C=O) groups is 1. The van der Waals surface area contributed by atoms with E-state index in [0.29, 0.717) is 18.4 Å². The fourth-order valence-corrected chi connectivity index (χ4v) is 4.67. The molecule has 0 bridgehead atoms. The Hall–Kier alpha value is -2.58. The van der Waals surface area contributed by atoms with Crippen molar-refractivity contribution in [2.24, 2.45) is 0 Å². The lowest BCUT2D eigenvalue weighted by atomic mass is 10.0. The Morgan fingerprint density at radius 2 is 1.84 bits per heavy atom. The van der Waals surface area contributed by atoms with Gasteiger partial charge in [0.1, 0.15) is 0 Å². The molecule has 8 heteroatoms. The number of non-ortho nitro benzene ring substituents is 1. The highest BCUT2D eigenvalue weighted by atomic mass is 32.2. The SMILES string of the molecule is O=C(c1ccccc1)C1CCCN1S(=O)(=O)c1cccc([N+](=O)[O-])c1. The first-order valence-electron chi connectivity index (χ1n) is 7.77. The quantitative estimate of drug-likeness (QED) is 0.464. The number of nitro groups is 1. The largest absolute Gasteiger partial charge is 0.292 e. The molecule has 1 unspecified atom stereocenters. The summed E-state index contributed by atoms with van der Waals surface area (Å²) in [4.78, 5) is 22.8. The van der Waals surface area contributed by atoms with Crippen molar-refractivity contribution >= 4 is 21.5 Å². The van der Waals surface area contributed by atoms with Crippen LogP contribution in [0.5, 0.6) is 0 Å². The van der Waals surface area contributed by atoms with E-state index in [9.17, 15) is 23.3 Å². The van der Waals surface area contributed by atoms with E-state index in [1.165, 1.54) is 18.2 Å². The van der Waals surface area contributed by atoms with Crippen molar-refractivity contribution < 1.29 is 18.1 Å². The smallest absolute Gasteiger partial charge is 0.270 e. The summed E-state index contributed by atoms with van der Waals surface area (Å²) in [5, 5.41) is 10.9. The lowest BCUT2D eigenvalue weighted by molar-refractivity contribution is -0.385. The first-order valence-corrected chi connectivity index (χ1v) is 9.21. The molecule has 1 saturated heterocycles. The van der Waals surface area contributed by atoms with Crippen LogP contribution in [0, 0.1) is 10.1 Å². The summed E-state index contributed by atoms with van der Waals surface area (Å²) in [5.41, 5.74) is 0.153. The lowest BCUT2D eigenvalue weighted by Crippen LogP contribution is -2.40. The van der Waals surface area contributed by atoms with E-state index in [4.69, 9.17) is 0 Å². The van der Waals surface area contributed by atoms with Crippen LogP contribution >= 0.6 is 0 Å². The van der Waals surface area contributed by atoms with Gasteiger partial charge >= 0.3 is 0 Å². The molecule has 3 rings (SSSR count). The van der Waals surface area contributed by atoms with Gasteiger partial charge < -0.3 is 0 Å². The zero-order valence-corrected chi connectivity index (χ0v) is 14.1. The molecule has 1 fully saturated rings. The molecule has 0 spiro atoms. The second kappa shape index (κ2) is 6.73. The van der Waals surface area contributed by atoms with Crippen LogP contribution in [-0.2, 0) is 10.0 Å². The monoisotopic (exact) mass is 360 g/mol. The standard InChI is InChI=1S/C17H16N2O5S/c20-17(13-6-2-1-3-7-13)16-10-5-11-18(16)25(23,24)15-9-4-8-14(12-15)19(21)22/h1-4,6-9,12,16H,5,10-11H2. The minimum atomic E-state index is -3.99. The van der Waals surface area contributed by atoms with Crippen molar-refractivity contribution in [2.45, 2.75) is 23.8 Å². The van der Waals surface area contributed by atoms with Crippen molar-refractivity contribution in [1.29, 1.82) is 0 Å². The second-order valence-corrected chi connectivity index (χ2v) is 7.65. The Morgan fingerprint density at radius 1 is 1.12 bits per heavy atom. The molecule has 7 nitrogen and oxygen atoms in total. The molecule has 0 aromatic heterocycles. The number of ketones is 1. The summed E-state index contributed by atoms with van der Waals surface area (Å²) in [5.74, 6) is -0.257. The lowest BCUT2D eigenvalue weighted by Gasteiger charge is -2.23. The average molecular weight is 360 g/mol. The fourth-order valence-electron chi connectivity index (χ4n) is 2.98. The van der Waals surface area contributed by atoms with Crippen LogP contribution in [0.2, 0.25) is 0 Å². The molecule has 0 amide bonds. The Bertz CT molecular complexity index is 912. The van der Waals surface area contributed by atoms with Crippen LogP contribution in [-0.4, -0.2) is 36.0 Å². The number of nitrogens with zero attached hydrogens (tertiary/aromatic N) is 2. The Morgan fingerprint density at radius 3 is 2.52 bits per heavy atom. The van der Waals surface area contributed by atoms with E-state index < -0.39 is 21.0 Å². The zero-order valence-electron chi connectivity index (χ0n) is 13.2. The number of nitro benzene ring substituents is 1. The minimum absolute atomic E-state index is 0.172. The van der Waals surface area contributed by atoms with Gasteiger partial charge in [-0.05, 0) is 18.9 Å². The van der Waals surface area contributed by atoms with Crippen LogP contribution in [0.1, 0.15) is 23.2 Å². The van der Waals surface area contributed by atoms with E-state index in [1.807, 2.05) is 0 Å². The maximum atomic E-state index is 12.9. The van der Waals surface area contributed by atoms with Gasteiger partial charge in [-0.1, -0.05) is 36.4 Å². The molecule has 0 aliphatic carbocycles. The first kappa shape index (κ1) is 17.2. The molecule has 0 N–H and O–H groups in total. The van der Waals surface area contributed by atoms with Gasteiger partial charge in [0, 0.05) is 24.2 Å². The molecule has 1 aliphatic rings. The molecule has 130 valence electrons. The number of rotatable bonds is 5. The van der Waals surface area contributed by atoms with Crippen LogP contribution < -0.4 is 0 Å². The molecular weight excluding hydrogens is 344 g/mol. The number of Topliss-reactive ketones (excluding diaryl/α,β-unsaturated/α-hetero) is 1. The van der Waals surface area contributed by atoms with E-state index in [2.05, 4.69) is 0 Å². The van der Waals surface area contributed by atoms with Crippen LogP contribution in [0.25, 0.3) is 0 Å². The topological polar surface area (TPSA) is 97.6 Å². The highest BCUT2D eigenvalue weighted by Gasteiger charge is 2.39. The van der Waals surface area contributed by atoms with Crippen LogP contribution in [0.3, 0.4) is 0 Å². The number of carbonyl (C=O) groups excluding carboxylic acids is 1. The van der Waals surface area contributed by atoms with E-state index in [-0.39, 0.29) is 22.9 Å². The van der Waals surface area contributed by atoms with Crippen molar-refractivity contribution in [3.05, 3.63) is 70.3 Å². The Balaban J connectivity index is 1.95. The van der Waals surface area contributed by atoms with E-state index in [1.54, 1.807) is 30.3 Å². The normalized spacial score (nSPS) is 18.2. The Labute approximate surface area is 145 Å². The third kappa shape index (κ3) is 3.31. The highest BCUT2D eigenvalue weighted by molar-refractivity contribution is 7.89. The van der Waals surface area contributed by atoms with Gasteiger partial charge in [0.2, 0.25) is 10.0 Å². The number of sulfonamides is 1. The van der Waals surface area contributed by atoms with Crippen molar-refractivity contribution in [1.82, 2.24) is 4.31 Å². The molecular formula is C17H16N2O5S. The van der Waals surface area contributed by atoms with Gasteiger partial charge in [-0.25, -0.2) is 8.42 Å². The molecule has 25 heavy (non-hydrogen) atoms. The van der Waals surface area contributed by atoms with Gasteiger partial charge in [0.15, 0.2) is 5.78 Å². The molecule has 1 aliphatic heterocycles. The Kier molecular flexibility index (Phi) is 4.65. The van der Waals surface area contributed by atoms with E-state index >= 15 is 0 Å². The van der Waals surface area contributed by atoms with Gasteiger partial charge in [-0.3, -0.25) is 14.9 Å². The number of hydrogen-bond acceptors (Lipinski definition) is 5. The zero-order chi connectivity index (χ0) is 18.0. The molecule has 1 atom stereocenters.